The van der Waals surface area contributed by atoms with E-state index >= 15 is 0 Å². The molecule has 3 amide bonds. The molecule has 0 aliphatic carbocycles. The molecule has 1 atom stereocenters. The molecule has 0 spiro atoms. The van der Waals surface area contributed by atoms with Crippen molar-refractivity contribution in [3.63, 3.8) is 0 Å². The first-order valence-corrected chi connectivity index (χ1v) is 11.3. The van der Waals surface area contributed by atoms with E-state index in [1.165, 1.54) is 12.8 Å². The normalized spacial score (nSPS) is 18.8. The fraction of sp³-hybridized carbons (Fsp3) is 0.652. The summed E-state index contributed by atoms with van der Waals surface area (Å²) in [6.07, 6.45) is 4.77. The van der Waals surface area contributed by atoms with Gasteiger partial charge in [-0.3, -0.25) is 9.69 Å². The predicted octanol–water partition coefficient (Wildman–Crippen LogP) is 2.78. The average Bonchev–Trinajstić information content (AvgIpc) is 3.32. The Bertz CT molecular complexity index is 697. The van der Waals surface area contributed by atoms with Crippen LogP contribution in [-0.2, 0) is 4.79 Å². The minimum Gasteiger partial charge on any atom is -0.496 e. The number of nitrogens with one attached hydrogen (secondary N) is 2. The highest BCUT2D eigenvalue weighted by atomic mass is 16.5. The van der Waals surface area contributed by atoms with Crippen LogP contribution in [0.1, 0.15) is 50.6 Å². The van der Waals surface area contributed by atoms with Crippen LogP contribution in [0.3, 0.4) is 0 Å². The second-order valence-corrected chi connectivity index (χ2v) is 8.24. The van der Waals surface area contributed by atoms with Gasteiger partial charge in [0, 0.05) is 37.7 Å². The number of rotatable bonds is 8. The Morgan fingerprint density at radius 3 is 2.47 bits per heavy atom. The van der Waals surface area contributed by atoms with Crippen molar-refractivity contribution < 1.29 is 14.3 Å². The van der Waals surface area contributed by atoms with Gasteiger partial charge in [-0.2, -0.15) is 0 Å². The van der Waals surface area contributed by atoms with E-state index in [1.807, 2.05) is 30.0 Å². The summed E-state index contributed by atoms with van der Waals surface area (Å²) in [6.45, 7) is 6.65. The van der Waals surface area contributed by atoms with Crippen molar-refractivity contribution >= 4 is 11.9 Å². The van der Waals surface area contributed by atoms with Crippen molar-refractivity contribution in [1.82, 2.24) is 20.4 Å². The fourth-order valence-electron chi connectivity index (χ4n) is 4.46. The summed E-state index contributed by atoms with van der Waals surface area (Å²) in [4.78, 5) is 29.3. The van der Waals surface area contributed by atoms with E-state index in [0.717, 1.165) is 50.2 Å². The number of methoxy groups -OCH3 is 1. The molecule has 0 radical (unpaired) electrons. The van der Waals surface area contributed by atoms with Crippen LogP contribution in [0.5, 0.6) is 5.75 Å². The standard InChI is InChI=1S/C23H36N4O3/c1-3-12-24-22(28)18-10-15-27(16-11-18)23(29)25-17-20(26-13-6-7-14-26)19-8-4-5-9-21(19)30-2/h4-5,8-9,18,20H,3,6-7,10-17H2,1-2H3,(H,24,28)(H,25,29). The maximum atomic E-state index is 12.8. The van der Waals surface area contributed by atoms with E-state index in [-0.39, 0.29) is 23.9 Å². The van der Waals surface area contributed by atoms with Crippen molar-refractivity contribution in [3.8, 4) is 5.75 Å². The summed E-state index contributed by atoms with van der Waals surface area (Å²) in [5, 5.41) is 6.12. The number of hydrogen-bond acceptors (Lipinski definition) is 4. The molecule has 2 aliphatic rings. The zero-order valence-electron chi connectivity index (χ0n) is 18.4. The van der Waals surface area contributed by atoms with Crippen molar-refractivity contribution in [3.05, 3.63) is 29.8 Å². The van der Waals surface area contributed by atoms with E-state index in [4.69, 9.17) is 4.74 Å². The van der Waals surface area contributed by atoms with Crippen molar-refractivity contribution in [2.45, 2.75) is 45.1 Å². The van der Waals surface area contributed by atoms with Crippen LogP contribution >= 0.6 is 0 Å². The first-order chi connectivity index (χ1) is 14.6. The lowest BCUT2D eigenvalue weighted by atomic mass is 9.96. The van der Waals surface area contributed by atoms with E-state index < -0.39 is 0 Å². The van der Waals surface area contributed by atoms with Crippen LogP contribution in [0.4, 0.5) is 4.79 Å². The van der Waals surface area contributed by atoms with Gasteiger partial charge >= 0.3 is 6.03 Å². The number of likely N-dealkylation sites (tertiary alicyclic amines) is 2. The maximum absolute atomic E-state index is 12.8. The second-order valence-electron chi connectivity index (χ2n) is 8.24. The molecule has 1 unspecified atom stereocenters. The Morgan fingerprint density at radius 1 is 1.10 bits per heavy atom. The quantitative estimate of drug-likeness (QED) is 0.683. The molecule has 7 heteroatoms. The Hall–Kier alpha value is -2.28. The number of piperidine rings is 1. The molecule has 166 valence electrons. The maximum Gasteiger partial charge on any atom is 0.317 e. The monoisotopic (exact) mass is 416 g/mol. The van der Waals surface area contributed by atoms with Crippen LogP contribution in [0, 0.1) is 5.92 Å². The van der Waals surface area contributed by atoms with Gasteiger partial charge in [0.15, 0.2) is 0 Å². The molecule has 1 aromatic carbocycles. The largest absolute Gasteiger partial charge is 0.496 e. The number of hydrogen-bond donors (Lipinski definition) is 2. The summed E-state index contributed by atoms with van der Waals surface area (Å²) in [5.41, 5.74) is 1.12. The molecule has 1 aromatic rings. The molecule has 2 saturated heterocycles. The van der Waals surface area contributed by atoms with E-state index in [1.54, 1.807) is 7.11 Å². The van der Waals surface area contributed by atoms with Crippen LogP contribution in [0.15, 0.2) is 24.3 Å². The molecule has 0 bridgehead atoms. The van der Waals surface area contributed by atoms with Crippen LogP contribution in [-0.4, -0.2) is 68.1 Å². The summed E-state index contributed by atoms with van der Waals surface area (Å²) >= 11 is 0. The van der Waals surface area contributed by atoms with Gasteiger partial charge in [0.2, 0.25) is 5.91 Å². The number of urea groups is 1. The topological polar surface area (TPSA) is 73.9 Å². The first-order valence-electron chi connectivity index (χ1n) is 11.3. The molecule has 3 rings (SSSR count). The van der Waals surface area contributed by atoms with Crippen LogP contribution < -0.4 is 15.4 Å². The lowest BCUT2D eigenvalue weighted by Crippen LogP contribution is -2.48. The number of carbonyl (C=O) groups is 2. The molecule has 2 aliphatic heterocycles. The highest BCUT2D eigenvalue weighted by Gasteiger charge is 2.29. The third-order valence-electron chi connectivity index (χ3n) is 6.23. The third-order valence-corrected chi connectivity index (χ3v) is 6.23. The van der Waals surface area contributed by atoms with Crippen LogP contribution in [0.2, 0.25) is 0 Å². The highest BCUT2D eigenvalue weighted by Crippen LogP contribution is 2.31. The summed E-state index contributed by atoms with van der Waals surface area (Å²) in [5.74, 6) is 1.01. The molecule has 7 nitrogen and oxygen atoms in total. The van der Waals surface area contributed by atoms with Gasteiger partial charge in [0.1, 0.15) is 5.75 Å². The number of carbonyl (C=O) groups excluding carboxylic acids is 2. The van der Waals surface area contributed by atoms with Crippen molar-refractivity contribution in [2.75, 3.05) is 46.4 Å². The Labute approximate surface area is 180 Å². The van der Waals surface area contributed by atoms with Gasteiger partial charge < -0.3 is 20.3 Å². The number of ether oxygens (including phenoxy) is 1. The SMILES string of the molecule is CCCNC(=O)C1CCN(C(=O)NCC(c2ccccc2OC)N2CCCC2)CC1. The highest BCUT2D eigenvalue weighted by molar-refractivity contribution is 5.79. The lowest BCUT2D eigenvalue weighted by molar-refractivity contribution is -0.126. The van der Waals surface area contributed by atoms with Gasteiger partial charge in [-0.15, -0.1) is 0 Å². The number of benzene rings is 1. The second kappa shape index (κ2) is 11.2. The van der Waals surface area contributed by atoms with Gasteiger partial charge in [0.05, 0.1) is 13.2 Å². The minimum absolute atomic E-state index is 0.0199. The molecular weight excluding hydrogens is 380 g/mol. The zero-order valence-corrected chi connectivity index (χ0v) is 18.4. The number of amides is 3. The molecule has 0 saturated carbocycles. The van der Waals surface area contributed by atoms with Gasteiger partial charge in [-0.05, 0) is 51.3 Å². The van der Waals surface area contributed by atoms with Gasteiger partial charge in [-0.1, -0.05) is 25.1 Å². The molecule has 30 heavy (non-hydrogen) atoms. The van der Waals surface area contributed by atoms with Crippen molar-refractivity contribution in [1.29, 1.82) is 0 Å². The average molecular weight is 417 g/mol. The number of para-hydroxylation sites is 1. The smallest absolute Gasteiger partial charge is 0.317 e. The minimum atomic E-state index is -0.0403. The third kappa shape index (κ3) is 5.65. The number of nitrogens with zero attached hydrogens (tertiary/aromatic N) is 2. The van der Waals surface area contributed by atoms with Crippen molar-refractivity contribution in [2.24, 2.45) is 5.92 Å². The van der Waals surface area contributed by atoms with E-state index in [9.17, 15) is 9.59 Å². The zero-order chi connectivity index (χ0) is 21.3. The summed E-state index contributed by atoms with van der Waals surface area (Å²) in [7, 11) is 1.69. The Morgan fingerprint density at radius 2 is 1.80 bits per heavy atom. The Kier molecular flexibility index (Phi) is 8.37. The van der Waals surface area contributed by atoms with E-state index in [2.05, 4.69) is 21.6 Å². The molecular formula is C23H36N4O3. The van der Waals surface area contributed by atoms with Gasteiger partial charge in [-0.25, -0.2) is 4.79 Å². The van der Waals surface area contributed by atoms with Crippen LogP contribution in [0.25, 0.3) is 0 Å². The van der Waals surface area contributed by atoms with E-state index in [0.29, 0.717) is 19.6 Å². The fourth-order valence-corrected chi connectivity index (χ4v) is 4.46. The van der Waals surface area contributed by atoms with Gasteiger partial charge in [0.25, 0.3) is 0 Å². The predicted molar refractivity (Wildman–Crippen MR) is 118 cm³/mol. The summed E-state index contributed by atoms with van der Waals surface area (Å²) in [6, 6.07) is 8.13. The lowest BCUT2D eigenvalue weighted by Gasteiger charge is -2.33. The molecule has 2 fully saturated rings. The summed E-state index contributed by atoms with van der Waals surface area (Å²) < 4.78 is 5.58. The molecule has 0 aromatic heterocycles. The first kappa shape index (κ1) is 22.4. The molecule has 2 heterocycles. The Balaban J connectivity index is 1.55. The molecule has 2 N–H and O–H groups in total.